The van der Waals surface area contributed by atoms with Gasteiger partial charge in [0, 0.05) is 0 Å². The summed E-state index contributed by atoms with van der Waals surface area (Å²) < 4.78 is 29.2. The second-order valence-electron chi connectivity index (χ2n) is 5.87. The molecule has 3 rings (SSSR count). The van der Waals surface area contributed by atoms with Crippen LogP contribution < -0.4 is 0 Å². The topological polar surface area (TPSA) is 46.2 Å². The van der Waals surface area contributed by atoms with E-state index in [1.54, 1.807) is 0 Å². The molecule has 0 saturated carbocycles. The smallest absolute Gasteiger partial charge is 0.190 e. The van der Waals surface area contributed by atoms with Crippen molar-refractivity contribution in [3.63, 3.8) is 0 Å². The summed E-state index contributed by atoms with van der Waals surface area (Å²) in [5.41, 5.74) is 0. The predicted octanol–water partition coefficient (Wildman–Crippen LogP) is 1.40. The number of rotatable bonds is 0. The van der Waals surface area contributed by atoms with E-state index >= 15 is 0 Å². The van der Waals surface area contributed by atoms with Gasteiger partial charge in [-0.15, -0.1) is 0 Å². The summed E-state index contributed by atoms with van der Waals surface area (Å²) in [6, 6.07) is 0. The summed E-state index contributed by atoms with van der Waals surface area (Å²) in [5.74, 6) is -1.21. The SMILES string of the molecule is CC1O[C@@H]2OC(C)(C)O[C@@H]2[C@H]2OC(C)(C)O[C@@H]12. The minimum atomic E-state index is -0.625. The van der Waals surface area contributed by atoms with E-state index in [9.17, 15) is 0 Å². The van der Waals surface area contributed by atoms with Gasteiger partial charge in [-0.25, -0.2) is 0 Å². The molecule has 0 aromatic heterocycles. The Bertz CT molecular complexity index is 327. The first-order valence-electron chi connectivity index (χ1n) is 6.14. The summed E-state index contributed by atoms with van der Waals surface area (Å²) in [6.45, 7) is 9.57. The van der Waals surface area contributed by atoms with Gasteiger partial charge in [0.25, 0.3) is 0 Å². The number of fused-ring (bicyclic) bond motifs is 3. The van der Waals surface area contributed by atoms with Crippen molar-refractivity contribution < 1.29 is 23.7 Å². The Morgan fingerprint density at radius 1 is 0.706 bits per heavy atom. The molecule has 3 fully saturated rings. The summed E-state index contributed by atoms with van der Waals surface area (Å²) in [6.07, 6.45) is -0.850. The third kappa shape index (κ3) is 1.90. The Morgan fingerprint density at radius 2 is 1.24 bits per heavy atom. The summed E-state index contributed by atoms with van der Waals surface area (Å²) in [4.78, 5) is 0. The molecular weight excluding hydrogens is 224 g/mol. The lowest BCUT2D eigenvalue weighted by Gasteiger charge is -2.35. The van der Waals surface area contributed by atoms with E-state index in [-0.39, 0.29) is 30.7 Å². The van der Waals surface area contributed by atoms with Crippen molar-refractivity contribution in [2.45, 2.75) is 76.9 Å². The number of ether oxygens (including phenoxy) is 5. The molecule has 0 amide bonds. The fourth-order valence-electron chi connectivity index (χ4n) is 2.81. The highest BCUT2D eigenvalue weighted by atomic mass is 16.9. The van der Waals surface area contributed by atoms with Crippen LogP contribution in [0.25, 0.3) is 0 Å². The van der Waals surface area contributed by atoms with Crippen molar-refractivity contribution in [3.05, 3.63) is 0 Å². The lowest BCUT2D eigenvalue weighted by atomic mass is 10.0. The fourth-order valence-corrected chi connectivity index (χ4v) is 2.81. The Balaban J connectivity index is 1.86. The van der Waals surface area contributed by atoms with E-state index in [1.165, 1.54) is 0 Å². The maximum atomic E-state index is 5.92. The number of hydrogen-bond acceptors (Lipinski definition) is 5. The molecule has 98 valence electrons. The molecule has 1 unspecified atom stereocenters. The Kier molecular flexibility index (Phi) is 2.39. The molecule has 0 radical (unpaired) electrons. The van der Waals surface area contributed by atoms with Gasteiger partial charge >= 0.3 is 0 Å². The van der Waals surface area contributed by atoms with Crippen molar-refractivity contribution in [2.24, 2.45) is 0 Å². The van der Waals surface area contributed by atoms with E-state index in [2.05, 4.69) is 0 Å². The molecule has 0 N–H and O–H groups in total. The monoisotopic (exact) mass is 244 g/mol. The molecule has 0 aromatic rings. The fraction of sp³-hybridized carbons (Fsp3) is 1.00. The zero-order chi connectivity index (χ0) is 12.4. The molecule has 3 aliphatic rings. The lowest BCUT2D eigenvalue weighted by molar-refractivity contribution is -0.229. The first kappa shape index (κ1) is 11.9. The van der Waals surface area contributed by atoms with Crippen molar-refractivity contribution >= 4 is 0 Å². The maximum absolute atomic E-state index is 5.92. The van der Waals surface area contributed by atoms with Crippen LogP contribution in [0.15, 0.2) is 0 Å². The van der Waals surface area contributed by atoms with Crippen LogP contribution in [0.2, 0.25) is 0 Å². The van der Waals surface area contributed by atoms with Gasteiger partial charge in [0.2, 0.25) is 0 Å². The van der Waals surface area contributed by atoms with Crippen LogP contribution in [-0.2, 0) is 23.7 Å². The predicted molar refractivity (Wildman–Crippen MR) is 58.2 cm³/mol. The van der Waals surface area contributed by atoms with Gasteiger partial charge < -0.3 is 23.7 Å². The Labute approximate surface area is 101 Å². The van der Waals surface area contributed by atoms with Crippen LogP contribution in [0.3, 0.4) is 0 Å². The lowest BCUT2D eigenvalue weighted by Crippen LogP contribution is -2.53. The summed E-state index contributed by atoms with van der Waals surface area (Å²) >= 11 is 0. The minimum absolute atomic E-state index is 0.0551. The largest absolute Gasteiger partial charge is 0.344 e. The molecule has 0 bridgehead atoms. The average Bonchev–Trinajstić information content (AvgIpc) is 2.62. The Morgan fingerprint density at radius 3 is 1.94 bits per heavy atom. The molecule has 0 aliphatic carbocycles. The van der Waals surface area contributed by atoms with E-state index in [1.807, 2.05) is 34.6 Å². The molecule has 5 atom stereocenters. The molecule has 5 heteroatoms. The van der Waals surface area contributed by atoms with Crippen molar-refractivity contribution in [2.75, 3.05) is 0 Å². The quantitative estimate of drug-likeness (QED) is 0.644. The van der Waals surface area contributed by atoms with E-state index in [0.29, 0.717) is 0 Å². The van der Waals surface area contributed by atoms with Gasteiger partial charge in [-0.1, -0.05) is 0 Å². The molecule has 0 aromatic carbocycles. The van der Waals surface area contributed by atoms with E-state index in [0.717, 1.165) is 0 Å². The van der Waals surface area contributed by atoms with Crippen LogP contribution in [0.5, 0.6) is 0 Å². The third-order valence-electron chi connectivity index (χ3n) is 3.39. The molecular formula is C12H20O5. The molecule has 3 aliphatic heterocycles. The van der Waals surface area contributed by atoms with Crippen molar-refractivity contribution in [1.82, 2.24) is 0 Å². The molecule has 3 saturated heterocycles. The first-order chi connectivity index (χ1) is 7.77. The van der Waals surface area contributed by atoms with Gasteiger partial charge in [0.1, 0.15) is 18.3 Å². The van der Waals surface area contributed by atoms with Gasteiger partial charge in [-0.2, -0.15) is 0 Å². The van der Waals surface area contributed by atoms with Crippen LogP contribution >= 0.6 is 0 Å². The van der Waals surface area contributed by atoms with Gasteiger partial charge in [0.15, 0.2) is 17.9 Å². The first-order valence-corrected chi connectivity index (χ1v) is 6.14. The zero-order valence-electron chi connectivity index (χ0n) is 10.9. The second-order valence-corrected chi connectivity index (χ2v) is 5.87. The highest BCUT2D eigenvalue weighted by Gasteiger charge is 2.59. The molecule has 5 nitrogen and oxygen atoms in total. The van der Waals surface area contributed by atoms with Crippen LogP contribution in [0, 0.1) is 0 Å². The standard InChI is InChI=1S/C12H20O5/c1-6-7-8(15-11(2,3)14-7)9-10(13-6)17-12(4,5)16-9/h6-10H,1-5H3/t6?,7-,8-,9+,10+/m0/s1. The van der Waals surface area contributed by atoms with Gasteiger partial charge in [-0.3, -0.25) is 0 Å². The Hall–Kier alpha value is -0.200. The van der Waals surface area contributed by atoms with Crippen LogP contribution in [-0.4, -0.2) is 42.3 Å². The number of hydrogen-bond donors (Lipinski definition) is 0. The summed E-state index contributed by atoms with van der Waals surface area (Å²) in [7, 11) is 0. The molecule has 17 heavy (non-hydrogen) atoms. The summed E-state index contributed by atoms with van der Waals surface area (Å²) in [5, 5.41) is 0. The average molecular weight is 244 g/mol. The third-order valence-corrected chi connectivity index (χ3v) is 3.39. The van der Waals surface area contributed by atoms with Crippen molar-refractivity contribution in [1.29, 1.82) is 0 Å². The van der Waals surface area contributed by atoms with E-state index < -0.39 is 11.6 Å². The maximum Gasteiger partial charge on any atom is 0.190 e. The zero-order valence-corrected chi connectivity index (χ0v) is 10.9. The van der Waals surface area contributed by atoms with E-state index in [4.69, 9.17) is 23.7 Å². The normalized spacial score (nSPS) is 51.0. The van der Waals surface area contributed by atoms with Crippen molar-refractivity contribution in [3.8, 4) is 0 Å². The van der Waals surface area contributed by atoms with Crippen LogP contribution in [0.1, 0.15) is 34.6 Å². The van der Waals surface area contributed by atoms with Gasteiger partial charge in [-0.05, 0) is 34.6 Å². The minimum Gasteiger partial charge on any atom is -0.344 e. The second kappa shape index (κ2) is 3.42. The highest BCUT2D eigenvalue weighted by Crippen LogP contribution is 2.43. The van der Waals surface area contributed by atoms with Crippen LogP contribution in [0.4, 0.5) is 0 Å². The molecule has 3 heterocycles. The van der Waals surface area contributed by atoms with Gasteiger partial charge in [0.05, 0.1) is 6.10 Å². The highest BCUT2D eigenvalue weighted by molar-refractivity contribution is 4.98. The molecule has 0 spiro atoms.